The summed E-state index contributed by atoms with van der Waals surface area (Å²) >= 11 is 0. The molecule has 2 heteroatoms. The lowest BCUT2D eigenvalue weighted by Crippen LogP contribution is -2.42. The van der Waals surface area contributed by atoms with Crippen LogP contribution in [0.5, 0.6) is 0 Å². The predicted octanol–water partition coefficient (Wildman–Crippen LogP) is 3.77. The van der Waals surface area contributed by atoms with Gasteiger partial charge in [-0.25, -0.2) is 0 Å². The van der Waals surface area contributed by atoms with Crippen LogP contribution in [0.15, 0.2) is 24.3 Å². The van der Waals surface area contributed by atoms with E-state index in [1.165, 1.54) is 43.2 Å². The van der Waals surface area contributed by atoms with Gasteiger partial charge in [0.05, 0.1) is 0 Å². The van der Waals surface area contributed by atoms with Gasteiger partial charge in [0.1, 0.15) is 0 Å². The fraction of sp³-hybridized carbons (Fsp3) is 0.667. The molecule has 1 aromatic rings. The zero-order valence-electron chi connectivity index (χ0n) is 13.4. The first-order chi connectivity index (χ1) is 9.74. The van der Waals surface area contributed by atoms with Crippen LogP contribution >= 0.6 is 0 Å². The van der Waals surface area contributed by atoms with Gasteiger partial charge in [0.15, 0.2) is 0 Å². The number of nitrogens with one attached hydrogen (secondary N) is 1. The fourth-order valence-electron chi connectivity index (χ4n) is 3.00. The minimum absolute atomic E-state index is 0.460. The lowest BCUT2D eigenvalue weighted by molar-refractivity contribution is 0.145. The molecule has 20 heavy (non-hydrogen) atoms. The lowest BCUT2D eigenvalue weighted by atomic mass is 9.91. The Kier molecular flexibility index (Phi) is 6.06. The van der Waals surface area contributed by atoms with Crippen LogP contribution in [0, 0.1) is 0 Å². The summed E-state index contributed by atoms with van der Waals surface area (Å²) in [6.07, 6.45) is 6.58. The maximum Gasteiger partial charge on any atom is 0.0449 e. The number of hydrogen-bond donors (Lipinski definition) is 1. The molecule has 2 rings (SSSR count). The molecule has 1 aliphatic rings. The number of benzene rings is 1. The summed E-state index contributed by atoms with van der Waals surface area (Å²) in [7, 11) is 2.28. The third-order valence-corrected chi connectivity index (χ3v) is 4.54. The smallest absolute Gasteiger partial charge is 0.0449 e. The van der Waals surface area contributed by atoms with Crippen LogP contribution in [0.25, 0.3) is 0 Å². The molecule has 0 aromatic heterocycles. The summed E-state index contributed by atoms with van der Waals surface area (Å²) in [5, 5.41) is 3.64. The normalized spacial score (nSPS) is 17.2. The maximum atomic E-state index is 3.64. The summed E-state index contributed by atoms with van der Waals surface area (Å²) in [5.74, 6) is 0. The van der Waals surface area contributed by atoms with Gasteiger partial charge in [0.2, 0.25) is 0 Å². The molecule has 1 atom stereocenters. The molecule has 1 fully saturated rings. The average Bonchev–Trinajstić information content (AvgIpc) is 2.37. The van der Waals surface area contributed by atoms with Gasteiger partial charge in [0, 0.05) is 18.6 Å². The molecule has 0 saturated heterocycles. The molecule has 1 aromatic carbocycles. The Morgan fingerprint density at radius 3 is 2.40 bits per heavy atom. The standard InChI is InChI=1S/C18H30N2/c1-4-7-15-10-12-16(13-11-15)18(19-5-2)14-20(3)17-8-6-9-17/h10-13,17-19H,4-9,14H2,1-3H3. The first kappa shape index (κ1) is 15.5. The maximum absolute atomic E-state index is 3.64. The Bertz CT molecular complexity index is 381. The van der Waals surface area contributed by atoms with Gasteiger partial charge in [-0.15, -0.1) is 0 Å². The van der Waals surface area contributed by atoms with Crippen LogP contribution in [0.4, 0.5) is 0 Å². The van der Waals surface area contributed by atoms with Crippen molar-refractivity contribution in [3.05, 3.63) is 35.4 Å². The highest BCUT2D eigenvalue weighted by atomic mass is 15.2. The molecule has 0 aliphatic heterocycles. The Morgan fingerprint density at radius 1 is 1.20 bits per heavy atom. The Hall–Kier alpha value is -0.860. The Morgan fingerprint density at radius 2 is 1.90 bits per heavy atom. The third kappa shape index (κ3) is 4.07. The molecule has 1 unspecified atom stereocenters. The van der Waals surface area contributed by atoms with Crippen LogP contribution in [0.2, 0.25) is 0 Å². The van der Waals surface area contributed by atoms with Crippen LogP contribution in [-0.4, -0.2) is 31.1 Å². The second kappa shape index (κ2) is 7.80. The topological polar surface area (TPSA) is 15.3 Å². The van der Waals surface area contributed by atoms with E-state index < -0.39 is 0 Å². The molecule has 0 heterocycles. The van der Waals surface area contributed by atoms with E-state index in [9.17, 15) is 0 Å². The number of nitrogens with zero attached hydrogens (tertiary/aromatic N) is 1. The number of hydrogen-bond acceptors (Lipinski definition) is 2. The van der Waals surface area contributed by atoms with Crippen molar-refractivity contribution in [2.75, 3.05) is 20.1 Å². The highest BCUT2D eigenvalue weighted by Crippen LogP contribution is 2.25. The quantitative estimate of drug-likeness (QED) is 0.776. The van der Waals surface area contributed by atoms with Crippen LogP contribution < -0.4 is 5.32 Å². The van der Waals surface area contributed by atoms with Crippen molar-refractivity contribution >= 4 is 0 Å². The van der Waals surface area contributed by atoms with E-state index in [0.29, 0.717) is 6.04 Å². The van der Waals surface area contributed by atoms with Crippen molar-refractivity contribution in [1.29, 1.82) is 0 Å². The molecule has 1 N–H and O–H groups in total. The van der Waals surface area contributed by atoms with Crippen molar-refractivity contribution in [3.63, 3.8) is 0 Å². The lowest BCUT2D eigenvalue weighted by Gasteiger charge is -2.37. The van der Waals surface area contributed by atoms with Gasteiger partial charge in [-0.05, 0) is 44.0 Å². The monoisotopic (exact) mass is 274 g/mol. The number of likely N-dealkylation sites (N-methyl/N-ethyl adjacent to an activating group) is 2. The average molecular weight is 274 g/mol. The molecule has 0 bridgehead atoms. The number of aryl methyl sites for hydroxylation is 1. The van der Waals surface area contributed by atoms with E-state index in [1.54, 1.807) is 0 Å². The molecule has 1 aliphatic carbocycles. The second-order valence-corrected chi connectivity index (χ2v) is 6.13. The van der Waals surface area contributed by atoms with Gasteiger partial charge in [-0.3, -0.25) is 0 Å². The first-order valence-electron chi connectivity index (χ1n) is 8.27. The summed E-state index contributed by atoms with van der Waals surface area (Å²) in [5.41, 5.74) is 2.89. The van der Waals surface area contributed by atoms with E-state index in [1.807, 2.05) is 0 Å². The SMILES string of the molecule is CCCc1ccc(C(CN(C)C2CCC2)NCC)cc1. The summed E-state index contributed by atoms with van der Waals surface area (Å²) < 4.78 is 0. The molecule has 2 nitrogen and oxygen atoms in total. The van der Waals surface area contributed by atoms with Gasteiger partial charge < -0.3 is 10.2 Å². The zero-order valence-corrected chi connectivity index (χ0v) is 13.4. The Balaban J connectivity index is 1.98. The minimum Gasteiger partial charge on any atom is -0.309 e. The fourth-order valence-corrected chi connectivity index (χ4v) is 3.00. The van der Waals surface area contributed by atoms with E-state index in [2.05, 4.69) is 55.4 Å². The van der Waals surface area contributed by atoms with Crippen LogP contribution in [-0.2, 0) is 6.42 Å². The summed E-state index contributed by atoms with van der Waals surface area (Å²) in [6.45, 7) is 6.58. The van der Waals surface area contributed by atoms with Crippen molar-refractivity contribution in [2.45, 2.75) is 58.0 Å². The van der Waals surface area contributed by atoms with Crippen molar-refractivity contribution in [1.82, 2.24) is 10.2 Å². The van der Waals surface area contributed by atoms with E-state index >= 15 is 0 Å². The summed E-state index contributed by atoms with van der Waals surface area (Å²) in [4.78, 5) is 2.54. The van der Waals surface area contributed by atoms with Gasteiger partial charge in [-0.1, -0.05) is 51.0 Å². The van der Waals surface area contributed by atoms with Crippen LogP contribution in [0.1, 0.15) is 56.7 Å². The molecule has 112 valence electrons. The molecule has 1 saturated carbocycles. The Labute approximate surface area is 124 Å². The van der Waals surface area contributed by atoms with Crippen molar-refractivity contribution in [2.24, 2.45) is 0 Å². The van der Waals surface area contributed by atoms with Crippen molar-refractivity contribution in [3.8, 4) is 0 Å². The molecule has 0 spiro atoms. The molecule has 0 amide bonds. The third-order valence-electron chi connectivity index (χ3n) is 4.54. The highest BCUT2D eigenvalue weighted by Gasteiger charge is 2.24. The minimum atomic E-state index is 0.460. The molecular weight excluding hydrogens is 244 g/mol. The largest absolute Gasteiger partial charge is 0.309 e. The van der Waals surface area contributed by atoms with E-state index in [0.717, 1.165) is 19.1 Å². The van der Waals surface area contributed by atoms with Crippen molar-refractivity contribution < 1.29 is 0 Å². The highest BCUT2D eigenvalue weighted by molar-refractivity contribution is 5.25. The zero-order chi connectivity index (χ0) is 14.4. The van der Waals surface area contributed by atoms with Crippen LogP contribution in [0.3, 0.4) is 0 Å². The number of rotatable bonds is 8. The van der Waals surface area contributed by atoms with E-state index in [4.69, 9.17) is 0 Å². The van der Waals surface area contributed by atoms with E-state index in [-0.39, 0.29) is 0 Å². The molecule has 0 radical (unpaired) electrons. The molecular formula is C18H30N2. The predicted molar refractivity (Wildman–Crippen MR) is 87.1 cm³/mol. The second-order valence-electron chi connectivity index (χ2n) is 6.13. The first-order valence-corrected chi connectivity index (χ1v) is 8.27. The van der Waals surface area contributed by atoms with Gasteiger partial charge in [-0.2, -0.15) is 0 Å². The van der Waals surface area contributed by atoms with Gasteiger partial charge in [0.25, 0.3) is 0 Å². The van der Waals surface area contributed by atoms with Gasteiger partial charge >= 0.3 is 0 Å². The summed E-state index contributed by atoms with van der Waals surface area (Å²) in [6, 6.07) is 10.5.